The molecule has 0 saturated carbocycles. The van der Waals surface area contributed by atoms with E-state index >= 15 is 0 Å². The van der Waals surface area contributed by atoms with E-state index in [1.165, 1.54) is 0 Å². The van der Waals surface area contributed by atoms with Crippen molar-refractivity contribution >= 4 is 0 Å². The van der Waals surface area contributed by atoms with Gasteiger partial charge in [0.05, 0.1) is 11.9 Å². The average Bonchev–Trinajstić information content (AvgIpc) is 2.58. The predicted octanol–water partition coefficient (Wildman–Crippen LogP) is 1.47. The SMILES string of the molecule is c1cnc(-c2cc[nH]c2)cn1. The van der Waals surface area contributed by atoms with Crippen LogP contribution in [0.2, 0.25) is 0 Å². The van der Waals surface area contributed by atoms with Crippen molar-refractivity contribution in [2.75, 3.05) is 0 Å². The molecule has 2 heterocycles. The molecule has 0 aliphatic heterocycles. The van der Waals surface area contributed by atoms with Crippen LogP contribution in [-0.2, 0) is 0 Å². The molecular formula is C8H7N3. The van der Waals surface area contributed by atoms with Crippen molar-refractivity contribution in [1.29, 1.82) is 0 Å². The molecule has 0 saturated heterocycles. The molecule has 0 aliphatic carbocycles. The van der Waals surface area contributed by atoms with Gasteiger partial charge < -0.3 is 4.98 Å². The number of rotatable bonds is 1. The van der Waals surface area contributed by atoms with E-state index in [0.717, 1.165) is 11.3 Å². The summed E-state index contributed by atoms with van der Waals surface area (Å²) in [7, 11) is 0. The molecule has 1 N–H and O–H groups in total. The zero-order chi connectivity index (χ0) is 7.52. The van der Waals surface area contributed by atoms with Crippen LogP contribution in [0.3, 0.4) is 0 Å². The number of nitrogens with one attached hydrogen (secondary N) is 1. The number of hydrogen-bond acceptors (Lipinski definition) is 2. The fourth-order valence-electron chi connectivity index (χ4n) is 0.931. The van der Waals surface area contributed by atoms with Crippen molar-refractivity contribution in [2.24, 2.45) is 0 Å². The summed E-state index contributed by atoms with van der Waals surface area (Å²) in [6.07, 6.45) is 8.84. The Labute approximate surface area is 64.1 Å². The summed E-state index contributed by atoms with van der Waals surface area (Å²) < 4.78 is 0. The fourth-order valence-corrected chi connectivity index (χ4v) is 0.931. The average molecular weight is 145 g/mol. The molecule has 0 aromatic carbocycles. The highest BCUT2D eigenvalue weighted by atomic mass is 14.8. The zero-order valence-electron chi connectivity index (χ0n) is 5.86. The van der Waals surface area contributed by atoms with Gasteiger partial charge >= 0.3 is 0 Å². The maximum absolute atomic E-state index is 4.14. The molecule has 0 spiro atoms. The monoisotopic (exact) mass is 145 g/mol. The summed E-state index contributed by atoms with van der Waals surface area (Å²) in [6, 6.07) is 1.96. The predicted molar refractivity (Wildman–Crippen MR) is 41.8 cm³/mol. The van der Waals surface area contributed by atoms with E-state index in [-0.39, 0.29) is 0 Å². The molecule has 3 nitrogen and oxygen atoms in total. The first-order valence-electron chi connectivity index (χ1n) is 3.36. The lowest BCUT2D eigenvalue weighted by Crippen LogP contribution is -1.80. The topological polar surface area (TPSA) is 41.6 Å². The molecule has 0 atom stereocenters. The van der Waals surface area contributed by atoms with Crippen molar-refractivity contribution in [3.63, 3.8) is 0 Å². The third-order valence-corrected chi connectivity index (χ3v) is 1.46. The van der Waals surface area contributed by atoms with E-state index < -0.39 is 0 Å². The molecule has 0 unspecified atom stereocenters. The van der Waals surface area contributed by atoms with Crippen LogP contribution in [0.15, 0.2) is 37.1 Å². The largest absolute Gasteiger partial charge is 0.367 e. The Morgan fingerprint density at radius 2 is 2.27 bits per heavy atom. The van der Waals surface area contributed by atoms with Crippen LogP contribution in [0, 0.1) is 0 Å². The van der Waals surface area contributed by atoms with Crippen LogP contribution >= 0.6 is 0 Å². The van der Waals surface area contributed by atoms with E-state index in [0.29, 0.717) is 0 Å². The van der Waals surface area contributed by atoms with Gasteiger partial charge in [-0.15, -0.1) is 0 Å². The maximum Gasteiger partial charge on any atom is 0.0900 e. The third-order valence-electron chi connectivity index (χ3n) is 1.46. The van der Waals surface area contributed by atoms with E-state index in [4.69, 9.17) is 0 Å². The number of H-pyrrole nitrogens is 1. The molecule has 3 heteroatoms. The van der Waals surface area contributed by atoms with Crippen molar-refractivity contribution in [3.05, 3.63) is 37.1 Å². The second-order valence-corrected chi connectivity index (χ2v) is 2.19. The van der Waals surface area contributed by atoms with Gasteiger partial charge in [0.2, 0.25) is 0 Å². The van der Waals surface area contributed by atoms with Crippen LogP contribution in [0.5, 0.6) is 0 Å². The van der Waals surface area contributed by atoms with Crippen molar-refractivity contribution in [1.82, 2.24) is 15.0 Å². The molecule has 2 aromatic heterocycles. The molecule has 0 bridgehead atoms. The molecule has 0 amide bonds. The number of nitrogens with zero attached hydrogens (tertiary/aromatic N) is 2. The minimum atomic E-state index is 0.897. The Hall–Kier alpha value is -1.64. The van der Waals surface area contributed by atoms with E-state index in [9.17, 15) is 0 Å². The number of aromatic nitrogens is 3. The van der Waals surface area contributed by atoms with E-state index in [2.05, 4.69) is 15.0 Å². The van der Waals surface area contributed by atoms with Gasteiger partial charge in [-0.05, 0) is 6.07 Å². The van der Waals surface area contributed by atoms with Gasteiger partial charge in [0.25, 0.3) is 0 Å². The van der Waals surface area contributed by atoms with Crippen molar-refractivity contribution in [3.8, 4) is 11.3 Å². The van der Waals surface area contributed by atoms with Crippen LogP contribution in [0.1, 0.15) is 0 Å². The van der Waals surface area contributed by atoms with Crippen LogP contribution in [-0.4, -0.2) is 15.0 Å². The Balaban J connectivity index is 2.46. The lowest BCUT2D eigenvalue weighted by molar-refractivity contribution is 1.21. The van der Waals surface area contributed by atoms with Gasteiger partial charge in [0.15, 0.2) is 0 Å². The maximum atomic E-state index is 4.14. The standard InChI is InChI=1S/C8H7N3/c1-2-9-5-7(1)8-6-10-3-4-11-8/h1-6,9H. The minimum absolute atomic E-state index is 0.897. The second-order valence-electron chi connectivity index (χ2n) is 2.19. The lowest BCUT2D eigenvalue weighted by atomic mass is 10.2. The van der Waals surface area contributed by atoms with Crippen LogP contribution < -0.4 is 0 Å². The Morgan fingerprint density at radius 1 is 1.27 bits per heavy atom. The summed E-state index contributed by atoms with van der Waals surface area (Å²) in [5.74, 6) is 0. The summed E-state index contributed by atoms with van der Waals surface area (Å²) >= 11 is 0. The molecule has 11 heavy (non-hydrogen) atoms. The molecular weight excluding hydrogens is 138 g/mol. The number of hydrogen-bond donors (Lipinski definition) is 1. The molecule has 0 fully saturated rings. The Kier molecular flexibility index (Phi) is 1.41. The summed E-state index contributed by atoms with van der Waals surface area (Å²) in [4.78, 5) is 11.1. The van der Waals surface area contributed by atoms with Gasteiger partial charge in [0.1, 0.15) is 0 Å². The van der Waals surface area contributed by atoms with Gasteiger partial charge in [-0.2, -0.15) is 0 Å². The Morgan fingerprint density at radius 3 is 2.91 bits per heavy atom. The molecule has 0 radical (unpaired) electrons. The number of aromatic amines is 1. The normalized spacial score (nSPS) is 9.82. The first-order chi connectivity index (χ1) is 5.47. The van der Waals surface area contributed by atoms with E-state index in [1.54, 1.807) is 18.6 Å². The molecule has 2 aromatic rings. The van der Waals surface area contributed by atoms with Gasteiger partial charge in [0, 0.05) is 30.4 Å². The highest BCUT2D eigenvalue weighted by Gasteiger charge is 1.95. The highest BCUT2D eigenvalue weighted by molar-refractivity contribution is 5.56. The molecule has 54 valence electrons. The fraction of sp³-hybridized carbons (Fsp3) is 0. The van der Waals surface area contributed by atoms with Gasteiger partial charge in [-0.3, -0.25) is 9.97 Å². The minimum Gasteiger partial charge on any atom is -0.367 e. The van der Waals surface area contributed by atoms with E-state index in [1.807, 2.05) is 18.5 Å². The summed E-state index contributed by atoms with van der Waals surface area (Å²) in [6.45, 7) is 0. The summed E-state index contributed by atoms with van der Waals surface area (Å²) in [5, 5.41) is 0. The van der Waals surface area contributed by atoms with Gasteiger partial charge in [-0.25, -0.2) is 0 Å². The summed E-state index contributed by atoms with van der Waals surface area (Å²) in [5.41, 5.74) is 1.96. The highest BCUT2D eigenvalue weighted by Crippen LogP contribution is 2.12. The van der Waals surface area contributed by atoms with Crippen LogP contribution in [0.25, 0.3) is 11.3 Å². The first-order valence-corrected chi connectivity index (χ1v) is 3.36. The van der Waals surface area contributed by atoms with Crippen molar-refractivity contribution in [2.45, 2.75) is 0 Å². The second kappa shape index (κ2) is 2.54. The zero-order valence-corrected chi connectivity index (χ0v) is 5.86. The van der Waals surface area contributed by atoms with Crippen LogP contribution in [0.4, 0.5) is 0 Å². The first kappa shape index (κ1) is 6.09. The third kappa shape index (κ3) is 1.12. The lowest BCUT2D eigenvalue weighted by Gasteiger charge is -1.91. The molecule has 2 rings (SSSR count). The smallest absolute Gasteiger partial charge is 0.0900 e. The van der Waals surface area contributed by atoms with Gasteiger partial charge in [-0.1, -0.05) is 0 Å². The molecule has 0 aliphatic rings. The quantitative estimate of drug-likeness (QED) is 0.660. The Bertz CT molecular complexity index is 312. The van der Waals surface area contributed by atoms with Crippen molar-refractivity contribution < 1.29 is 0 Å².